The van der Waals surface area contributed by atoms with E-state index in [9.17, 15) is 0 Å². The van der Waals surface area contributed by atoms with Crippen molar-refractivity contribution < 1.29 is 4.42 Å². The maximum atomic E-state index is 6.26. The third kappa shape index (κ3) is 10.4. The van der Waals surface area contributed by atoms with E-state index in [0.29, 0.717) is 5.89 Å². The van der Waals surface area contributed by atoms with Gasteiger partial charge in [0.15, 0.2) is 5.58 Å². The first-order valence-electron chi connectivity index (χ1n) is 20.7. The van der Waals surface area contributed by atoms with Crippen molar-refractivity contribution in [1.29, 1.82) is 0 Å². The fraction of sp³-hybridized carbons (Fsp3) is 0.440. The van der Waals surface area contributed by atoms with Gasteiger partial charge in [0, 0.05) is 12.0 Å². The van der Waals surface area contributed by atoms with Crippen LogP contribution >= 0.6 is 0 Å². The van der Waals surface area contributed by atoms with Crippen LogP contribution in [0.15, 0.2) is 107 Å². The maximum absolute atomic E-state index is 6.26. The van der Waals surface area contributed by atoms with Crippen molar-refractivity contribution in [2.45, 2.75) is 142 Å². The smallest absolute Gasteiger partial charge is 0.227 e. The van der Waals surface area contributed by atoms with Crippen LogP contribution in [0.2, 0.25) is 0 Å². The van der Waals surface area contributed by atoms with Crippen molar-refractivity contribution in [3.63, 3.8) is 0 Å². The second kappa shape index (κ2) is 17.8. The summed E-state index contributed by atoms with van der Waals surface area (Å²) in [5.74, 6) is 0.660. The summed E-state index contributed by atoms with van der Waals surface area (Å²) in [7, 11) is 0. The summed E-state index contributed by atoms with van der Waals surface area (Å²) in [5, 5.41) is 7.37. The van der Waals surface area contributed by atoms with Crippen LogP contribution in [0.3, 0.4) is 0 Å². The predicted octanol–water partition coefficient (Wildman–Crippen LogP) is 14.6. The first kappa shape index (κ1) is 39.3. The fourth-order valence-corrected chi connectivity index (χ4v) is 7.45. The second-order valence-electron chi connectivity index (χ2n) is 17.5. The minimum Gasteiger partial charge on any atom is -0.436 e. The van der Waals surface area contributed by atoms with Gasteiger partial charge in [-0.15, -0.1) is 0 Å². The molecule has 0 saturated heterocycles. The molecule has 0 saturated carbocycles. The van der Waals surface area contributed by atoms with Crippen molar-refractivity contribution >= 4 is 28.6 Å². The van der Waals surface area contributed by atoms with Gasteiger partial charge < -0.3 is 4.42 Å². The van der Waals surface area contributed by atoms with Gasteiger partial charge in [-0.2, -0.15) is 5.10 Å². The quantitative estimate of drug-likeness (QED) is 0.0953. The van der Waals surface area contributed by atoms with Crippen LogP contribution in [0.4, 0.5) is 5.69 Å². The molecule has 6 rings (SSSR count). The fourth-order valence-electron chi connectivity index (χ4n) is 7.45. The van der Waals surface area contributed by atoms with Gasteiger partial charge in [0.05, 0.1) is 17.4 Å². The van der Waals surface area contributed by atoms with E-state index in [1.807, 2.05) is 0 Å². The number of anilines is 1. The average molecular weight is 722 g/mol. The highest BCUT2D eigenvalue weighted by atomic mass is 16.3. The number of nitrogens with zero attached hydrogens (tertiary/aromatic N) is 3. The van der Waals surface area contributed by atoms with Crippen molar-refractivity contribution in [2.24, 2.45) is 5.10 Å². The molecule has 0 spiro atoms. The van der Waals surface area contributed by atoms with E-state index in [-0.39, 0.29) is 16.9 Å². The number of hydrogen-bond acceptors (Lipinski definition) is 4. The summed E-state index contributed by atoms with van der Waals surface area (Å²) in [4.78, 5) is 4.93. The number of aromatic nitrogens is 1. The molecule has 0 aliphatic carbocycles. The van der Waals surface area contributed by atoms with Crippen LogP contribution in [0.25, 0.3) is 28.6 Å². The van der Waals surface area contributed by atoms with Gasteiger partial charge in [0.1, 0.15) is 5.52 Å². The Labute approximate surface area is 325 Å². The van der Waals surface area contributed by atoms with Gasteiger partial charge in [0.2, 0.25) is 5.89 Å². The minimum atomic E-state index is 0.103. The zero-order chi connectivity index (χ0) is 38.1. The lowest BCUT2D eigenvalue weighted by atomic mass is 9.86. The Morgan fingerprint density at radius 1 is 0.667 bits per heavy atom. The van der Waals surface area contributed by atoms with Gasteiger partial charge in [-0.25, -0.2) is 4.98 Å². The molecule has 1 unspecified atom stereocenters. The molecule has 1 aromatic heterocycles. The van der Waals surface area contributed by atoms with Gasteiger partial charge in [0.25, 0.3) is 0 Å². The lowest BCUT2D eigenvalue weighted by Gasteiger charge is -2.25. The monoisotopic (exact) mass is 721 g/mol. The van der Waals surface area contributed by atoms with E-state index < -0.39 is 0 Å². The molecule has 0 radical (unpaired) electrons. The third-order valence-electron chi connectivity index (χ3n) is 11.0. The largest absolute Gasteiger partial charge is 0.436 e. The number of benzene rings is 4. The molecule has 0 bridgehead atoms. The van der Waals surface area contributed by atoms with Crippen molar-refractivity contribution in [2.75, 3.05) is 5.01 Å². The number of fused-ring (bicyclic) bond motifs is 1. The molecule has 0 fully saturated rings. The van der Waals surface area contributed by atoms with Crippen LogP contribution in [0.5, 0.6) is 0 Å². The summed E-state index contributed by atoms with van der Waals surface area (Å²) in [6, 6.07) is 33.1. The van der Waals surface area contributed by atoms with Crippen LogP contribution in [-0.2, 0) is 17.3 Å². The van der Waals surface area contributed by atoms with E-state index in [4.69, 9.17) is 14.5 Å². The highest BCUT2D eigenvalue weighted by molar-refractivity contribution is 6.01. The average Bonchev–Trinajstić information content (AvgIpc) is 3.79. The van der Waals surface area contributed by atoms with E-state index in [0.717, 1.165) is 40.9 Å². The first-order valence-corrected chi connectivity index (χ1v) is 20.7. The van der Waals surface area contributed by atoms with Gasteiger partial charge in [-0.05, 0) is 94.0 Å². The lowest BCUT2D eigenvalue weighted by Crippen LogP contribution is -2.19. The predicted molar refractivity (Wildman–Crippen MR) is 232 cm³/mol. The normalized spacial score (nSPS) is 15.1. The number of rotatable bonds is 16. The standard InChI is InChI=1S/C50H63N3O/c1-8-9-10-11-12-13-14-15-16-17-18-38-22-34-47-45(35-38)51-48(54-47)40-25-32-44(33-26-40)53-46(39-23-29-42(30-24-39)50(5,6)7)36-43(52-53)31-21-37-19-27-41(28-20-37)49(2,3)4/h19-35,46H,8-18,36H2,1-7H3. The summed E-state index contributed by atoms with van der Waals surface area (Å²) in [5.41, 5.74) is 11.6. The Morgan fingerprint density at radius 2 is 1.26 bits per heavy atom. The Bertz CT molecular complexity index is 1980. The van der Waals surface area contributed by atoms with E-state index in [2.05, 4.69) is 157 Å². The van der Waals surface area contributed by atoms with E-state index >= 15 is 0 Å². The van der Waals surface area contributed by atoms with Gasteiger partial charge in [-0.1, -0.05) is 167 Å². The number of hydrogen-bond donors (Lipinski definition) is 0. The Hall–Kier alpha value is -4.44. The molecule has 0 N–H and O–H groups in total. The number of allylic oxidation sites excluding steroid dienone is 1. The Kier molecular flexibility index (Phi) is 12.9. The molecule has 4 aromatic carbocycles. The minimum absolute atomic E-state index is 0.103. The molecule has 284 valence electrons. The zero-order valence-electron chi connectivity index (χ0n) is 34.1. The van der Waals surface area contributed by atoms with Crippen LogP contribution in [0, 0.1) is 0 Å². The second-order valence-corrected chi connectivity index (χ2v) is 17.5. The molecule has 1 aliphatic rings. The highest BCUT2D eigenvalue weighted by Crippen LogP contribution is 2.38. The molecule has 54 heavy (non-hydrogen) atoms. The molecular weight excluding hydrogens is 659 g/mol. The molecule has 0 amide bonds. The molecule has 5 aromatic rings. The van der Waals surface area contributed by atoms with E-state index in [1.54, 1.807) is 0 Å². The number of oxazole rings is 1. The SMILES string of the molecule is CCCCCCCCCCCCc1ccc2oc(-c3ccc(N4N=C(C=Cc5ccc(C(C)(C)C)cc5)CC4c4ccc(C(C)(C)C)cc4)cc3)nc2c1. The van der Waals surface area contributed by atoms with Crippen molar-refractivity contribution in [1.82, 2.24) is 4.98 Å². The molecule has 1 atom stereocenters. The molecular formula is C50H63N3O. The van der Waals surface area contributed by atoms with E-state index in [1.165, 1.54) is 92.0 Å². The van der Waals surface area contributed by atoms with Crippen LogP contribution in [0.1, 0.15) is 153 Å². The number of unbranched alkanes of at least 4 members (excludes halogenated alkanes) is 9. The van der Waals surface area contributed by atoms with Crippen molar-refractivity contribution in [3.05, 3.63) is 125 Å². The zero-order valence-corrected chi connectivity index (χ0v) is 34.1. The topological polar surface area (TPSA) is 41.6 Å². The maximum Gasteiger partial charge on any atom is 0.227 e. The Morgan fingerprint density at radius 3 is 1.87 bits per heavy atom. The molecule has 4 heteroatoms. The van der Waals surface area contributed by atoms with Crippen LogP contribution < -0.4 is 5.01 Å². The summed E-state index contributed by atoms with van der Waals surface area (Å²) in [6.45, 7) is 15.8. The molecule has 4 nitrogen and oxygen atoms in total. The lowest BCUT2D eigenvalue weighted by molar-refractivity contribution is 0.556. The summed E-state index contributed by atoms with van der Waals surface area (Å²) >= 11 is 0. The summed E-state index contributed by atoms with van der Waals surface area (Å²) in [6.07, 6.45) is 19.9. The molecule has 1 aliphatic heterocycles. The van der Waals surface area contributed by atoms with Gasteiger partial charge in [-0.3, -0.25) is 5.01 Å². The summed E-state index contributed by atoms with van der Waals surface area (Å²) < 4.78 is 6.26. The molecule has 2 heterocycles. The third-order valence-corrected chi connectivity index (χ3v) is 11.0. The van der Waals surface area contributed by atoms with Crippen molar-refractivity contribution in [3.8, 4) is 11.5 Å². The van der Waals surface area contributed by atoms with Gasteiger partial charge >= 0.3 is 0 Å². The first-order chi connectivity index (χ1) is 26.0. The van der Waals surface area contributed by atoms with Crippen LogP contribution in [-0.4, -0.2) is 10.7 Å². The number of aryl methyl sites for hydroxylation is 1. The highest BCUT2D eigenvalue weighted by Gasteiger charge is 2.29. The Balaban J connectivity index is 1.13. The number of hydrazone groups is 1.